The zero-order valence-electron chi connectivity index (χ0n) is 11.8. The van der Waals surface area contributed by atoms with Crippen LogP contribution >= 0.6 is 27.5 Å². The molecule has 0 saturated heterocycles. The second kappa shape index (κ2) is 5.93. The second-order valence-electron chi connectivity index (χ2n) is 5.51. The number of halogens is 3. The lowest BCUT2D eigenvalue weighted by molar-refractivity contribution is -0.119. The lowest BCUT2D eigenvalue weighted by Crippen LogP contribution is -2.33. The summed E-state index contributed by atoms with van der Waals surface area (Å²) in [7, 11) is 0. The average Bonchev–Trinajstić information content (AvgIpc) is 2.66. The van der Waals surface area contributed by atoms with Crippen molar-refractivity contribution in [2.24, 2.45) is 5.73 Å². The van der Waals surface area contributed by atoms with Crippen molar-refractivity contribution in [2.45, 2.75) is 32.2 Å². The molecule has 0 aliphatic heterocycles. The summed E-state index contributed by atoms with van der Waals surface area (Å²) in [6, 6.07) is 3.03. The van der Waals surface area contributed by atoms with Crippen LogP contribution in [-0.4, -0.2) is 21.3 Å². The van der Waals surface area contributed by atoms with E-state index in [2.05, 4.69) is 20.9 Å². The van der Waals surface area contributed by atoms with Crippen LogP contribution in [0.2, 0.25) is 0 Å². The maximum absolute atomic E-state index is 13.7. The highest BCUT2D eigenvalue weighted by Gasteiger charge is 2.28. The number of fused-ring (bicyclic) bond motifs is 1. The Labute approximate surface area is 135 Å². The van der Waals surface area contributed by atoms with Crippen molar-refractivity contribution in [3.63, 3.8) is 0 Å². The number of nitrogens with zero attached hydrogens (tertiary/aromatic N) is 2. The van der Waals surface area contributed by atoms with Crippen LogP contribution in [0.3, 0.4) is 0 Å². The van der Waals surface area contributed by atoms with E-state index in [0.29, 0.717) is 28.1 Å². The van der Waals surface area contributed by atoms with Crippen molar-refractivity contribution in [1.29, 1.82) is 0 Å². The van der Waals surface area contributed by atoms with Gasteiger partial charge in [0, 0.05) is 30.3 Å². The number of carbonyl (C=O) groups is 1. The summed E-state index contributed by atoms with van der Waals surface area (Å²) >= 11 is 9.01. The number of amides is 1. The Bertz CT molecular complexity index is 699. The van der Waals surface area contributed by atoms with E-state index in [9.17, 15) is 9.18 Å². The van der Waals surface area contributed by atoms with Gasteiger partial charge in [0.1, 0.15) is 11.6 Å². The van der Waals surface area contributed by atoms with Gasteiger partial charge in [0.25, 0.3) is 0 Å². The topological polar surface area (TPSA) is 60.9 Å². The Morgan fingerprint density at radius 2 is 2.19 bits per heavy atom. The van der Waals surface area contributed by atoms with Crippen LogP contribution in [0.4, 0.5) is 4.39 Å². The van der Waals surface area contributed by atoms with Crippen molar-refractivity contribution < 1.29 is 9.18 Å². The predicted octanol–water partition coefficient (Wildman–Crippen LogP) is 3.33. The minimum absolute atomic E-state index is 0.155. The molecular formula is C14H16BrClFN3O. The number of carbonyl (C=O) groups excluding carboxylic acids is 1. The normalized spacial score (nSPS) is 12.0. The van der Waals surface area contributed by atoms with Gasteiger partial charge in [-0.2, -0.15) is 0 Å². The molecule has 0 bridgehead atoms. The van der Waals surface area contributed by atoms with Crippen LogP contribution in [-0.2, 0) is 16.8 Å². The zero-order valence-corrected chi connectivity index (χ0v) is 14.1. The third-order valence-corrected chi connectivity index (χ3v) is 4.09. The summed E-state index contributed by atoms with van der Waals surface area (Å²) in [4.78, 5) is 15.8. The third kappa shape index (κ3) is 3.21. The Kier molecular flexibility index (Phi) is 4.58. The molecule has 0 radical (unpaired) electrons. The number of benzene rings is 1. The quantitative estimate of drug-likeness (QED) is 0.814. The molecule has 21 heavy (non-hydrogen) atoms. The van der Waals surface area contributed by atoms with Gasteiger partial charge in [-0.25, -0.2) is 9.37 Å². The number of imidazole rings is 1. The van der Waals surface area contributed by atoms with Gasteiger partial charge in [-0.3, -0.25) is 4.79 Å². The molecule has 4 nitrogen and oxygen atoms in total. The molecule has 1 aromatic carbocycles. The first-order valence-electron chi connectivity index (χ1n) is 6.47. The number of nitrogens with two attached hydrogens (primary N) is 1. The molecule has 0 aliphatic rings. The van der Waals surface area contributed by atoms with Crippen molar-refractivity contribution in [3.05, 3.63) is 28.2 Å². The van der Waals surface area contributed by atoms with Crippen molar-refractivity contribution >= 4 is 44.5 Å². The first kappa shape index (κ1) is 16.2. The van der Waals surface area contributed by atoms with Gasteiger partial charge >= 0.3 is 0 Å². The molecule has 2 aromatic rings. The molecular weight excluding hydrogens is 361 g/mol. The summed E-state index contributed by atoms with van der Waals surface area (Å²) in [6.07, 6.45) is 0.681. The minimum atomic E-state index is -0.570. The summed E-state index contributed by atoms with van der Waals surface area (Å²) in [5.41, 5.74) is 6.05. The molecule has 0 spiro atoms. The molecule has 114 valence electrons. The van der Waals surface area contributed by atoms with Crippen LogP contribution in [0.1, 0.15) is 26.1 Å². The van der Waals surface area contributed by atoms with Gasteiger partial charge in [0.15, 0.2) is 0 Å². The Hall–Kier alpha value is -1.14. The molecule has 2 N–H and O–H groups in total. The van der Waals surface area contributed by atoms with E-state index >= 15 is 0 Å². The molecule has 7 heteroatoms. The van der Waals surface area contributed by atoms with Gasteiger partial charge in [-0.15, -0.1) is 11.6 Å². The van der Waals surface area contributed by atoms with Crippen LogP contribution in [0.5, 0.6) is 0 Å². The number of hydrogen-bond acceptors (Lipinski definition) is 2. The molecule has 0 fully saturated rings. The average molecular weight is 377 g/mol. The largest absolute Gasteiger partial charge is 0.370 e. The Morgan fingerprint density at radius 1 is 1.52 bits per heavy atom. The highest BCUT2D eigenvalue weighted by molar-refractivity contribution is 9.10. The number of hydrogen-bond donors (Lipinski definition) is 1. The lowest BCUT2D eigenvalue weighted by Gasteiger charge is -2.28. The van der Waals surface area contributed by atoms with Gasteiger partial charge in [-0.05, 0) is 35.8 Å². The fraction of sp³-hybridized carbons (Fsp3) is 0.429. The maximum Gasteiger partial charge on any atom is 0.219 e. The summed E-state index contributed by atoms with van der Waals surface area (Å²) in [6.45, 7) is 3.79. The standard InChI is InChI=1S/C14H16BrClFN3O/c1-14(2,7-12(18)21)20-11-5-8(15)9(17)6-10(11)19-13(20)3-4-16/h5-6H,3-4,7H2,1-2H3,(H2,18,21). The summed E-state index contributed by atoms with van der Waals surface area (Å²) in [5, 5.41) is 0. The van der Waals surface area contributed by atoms with Crippen molar-refractivity contribution in [1.82, 2.24) is 9.55 Å². The molecule has 0 saturated carbocycles. The molecule has 1 amide bonds. The van der Waals surface area contributed by atoms with E-state index in [1.165, 1.54) is 6.07 Å². The number of aromatic nitrogens is 2. The maximum atomic E-state index is 13.7. The number of aryl methyl sites for hydroxylation is 1. The number of primary amides is 1. The van der Waals surface area contributed by atoms with Gasteiger partial charge in [0.2, 0.25) is 5.91 Å². The monoisotopic (exact) mass is 375 g/mol. The van der Waals surface area contributed by atoms with E-state index in [0.717, 1.165) is 5.52 Å². The highest BCUT2D eigenvalue weighted by Crippen LogP contribution is 2.31. The van der Waals surface area contributed by atoms with E-state index in [1.807, 2.05) is 18.4 Å². The second-order valence-corrected chi connectivity index (χ2v) is 6.75. The fourth-order valence-electron chi connectivity index (χ4n) is 2.56. The predicted molar refractivity (Wildman–Crippen MR) is 84.9 cm³/mol. The van der Waals surface area contributed by atoms with Crippen LogP contribution in [0, 0.1) is 5.82 Å². The minimum Gasteiger partial charge on any atom is -0.370 e. The number of rotatable bonds is 5. The van der Waals surface area contributed by atoms with E-state index in [4.69, 9.17) is 17.3 Å². The third-order valence-electron chi connectivity index (χ3n) is 3.30. The van der Waals surface area contributed by atoms with Crippen molar-refractivity contribution in [2.75, 3.05) is 5.88 Å². The molecule has 0 unspecified atom stereocenters. The molecule has 1 aromatic heterocycles. The van der Waals surface area contributed by atoms with Gasteiger partial charge in [0.05, 0.1) is 15.5 Å². The first-order valence-corrected chi connectivity index (χ1v) is 7.80. The molecule has 2 rings (SSSR count). The van der Waals surface area contributed by atoms with Crippen LogP contribution < -0.4 is 5.73 Å². The first-order chi connectivity index (χ1) is 9.76. The highest BCUT2D eigenvalue weighted by atomic mass is 79.9. The number of alkyl halides is 1. The van der Waals surface area contributed by atoms with Crippen LogP contribution in [0.15, 0.2) is 16.6 Å². The van der Waals surface area contributed by atoms with Crippen molar-refractivity contribution in [3.8, 4) is 0 Å². The van der Waals surface area contributed by atoms with E-state index < -0.39 is 11.4 Å². The Balaban J connectivity index is 2.71. The van der Waals surface area contributed by atoms with E-state index in [-0.39, 0.29) is 12.2 Å². The molecule has 0 aliphatic carbocycles. The van der Waals surface area contributed by atoms with Crippen LogP contribution in [0.25, 0.3) is 11.0 Å². The van der Waals surface area contributed by atoms with Gasteiger partial charge in [-0.1, -0.05) is 0 Å². The Morgan fingerprint density at radius 3 is 2.76 bits per heavy atom. The fourth-order valence-corrected chi connectivity index (χ4v) is 3.06. The van der Waals surface area contributed by atoms with Gasteiger partial charge < -0.3 is 10.3 Å². The molecule has 1 heterocycles. The summed E-state index contributed by atoms with van der Waals surface area (Å²) < 4.78 is 16.0. The smallest absolute Gasteiger partial charge is 0.219 e. The zero-order chi connectivity index (χ0) is 15.8. The van der Waals surface area contributed by atoms with E-state index in [1.54, 1.807) is 6.07 Å². The molecule has 0 atom stereocenters. The summed E-state index contributed by atoms with van der Waals surface area (Å²) in [5.74, 6) is 0.320. The SMILES string of the molecule is CC(C)(CC(N)=O)n1c(CCCl)nc2cc(F)c(Br)cc21. The lowest BCUT2D eigenvalue weighted by atomic mass is 9.99.